The standard InChI is InChI=1S/C25H29NO6S/c1-5-12-26(33(29,30)24-10-9-19(4)32-24)22-14-17(2)18(3)15-23(22)31-13-11-20-7-6-8-21(16-20)25(27)28/h6-10,14-16H,5,11-13H2,1-4H3,(H,27,28). The fraction of sp³-hybridized carbons (Fsp3) is 0.320. The molecule has 33 heavy (non-hydrogen) atoms. The van der Waals surface area contributed by atoms with Gasteiger partial charge >= 0.3 is 5.97 Å². The molecule has 2 aromatic carbocycles. The van der Waals surface area contributed by atoms with Crippen molar-refractivity contribution in [1.82, 2.24) is 0 Å². The Kier molecular flexibility index (Phi) is 7.48. The molecular formula is C25H29NO6S. The topological polar surface area (TPSA) is 97.0 Å². The minimum Gasteiger partial charge on any atom is -0.491 e. The first-order valence-corrected chi connectivity index (χ1v) is 12.2. The van der Waals surface area contributed by atoms with Crippen LogP contribution in [0.3, 0.4) is 0 Å². The summed E-state index contributed by atoms with van der Waals surface area (Å²) in [5.74, 6) is -0.0132. The lowest BCUT2D eigenvalue weighted by Gasteiger charge is -2.26. The van der Waals surface area contributed by atoms with Gasteiger partial charge in [0.05, 0.1) is 17.9 Å². The molecule has 0 unspecified atom stereocenters. The fourth-order valence-electron chi connectivity index (χ4n) is 3.46. The van der Waals surface area contributed by atoms with Crippen molar-refractivity contribution >= 4 is 21.7 Å². The van der Waals surface area contributed by atoms with Gasteiger partial charge in [0.25, 0.3) is 10.0 Å². The summed E-state index contributed by atoms with van der Waals surface area (Å²) in [5, 5.41) is 9.08. The number of carboxylic acids is 1. The number of carbonyl (C=O) groups is 1. The van der Waals surface area contributed by atoms with Gasteiger partial charge < -0.3 is 14.3 Å². The zero-order chi connectivity index (χ0) is 24.2. The van der Waals surface area contributed by atoms with Crippen LogP contribution in [-0.2, 0) is 16.4 Å². The van der Waals surface area contributed by atoms with Gasteiger partial charge in [0, 0.05) is 13.0 Å². The van der Waals surface area contributed by atoms with Crippen LogP contribution in [0.1, 0.15) is 46.2 Å². The Morgan fingerprint density at radius 1 is 1.06 bits per heavy atom. The molecule has 1 aromatic heterocycles. The Hall–Kier alpha value is -3.26. The molecule has 0 saturated carbocycles. The monoisotopic (exact) mass is 471 g/mol. The lowest BCUT2D eigenvalue weighted by molar-refractivity contribution is 0.0696. The first-order chi connectivity index (χ1) is 15.6. The summed E-state index contributed by atoms with van der Waals surface area (Å²) in [5.41, 5.74) is 3.41. The maximum atomic E-state index is 13.4. The molecule has 0 fully saturated rings. The fourth-order valence-corrected chi connectivity index (χ4v) is 4.97. The average Bonchev–Trinajstić information content (AvgIpc) is 3.22. The molecule has 0 aliphatic rings. The minimum absolute atomic E-state index is 0.108. The van der Waals surface area contributed by atoms with Crippen molar-refractivity contribution in [2.75, 3.05) is 17.5 Å². The molecule has 3 rings (SSSR count). The third-order valence-electron chi connectivity index (χ3n) is 5.35. The van der Waals surface area contributed by atoms with E-state index < -0.39 is 16.0 Å². The third kappa shape index (κ3) is 5.57. The number of sulfonamides is 1. The molecule has 1 N–H and O–H groups in total. The molecule has 0 saturated heterocycles. The van der Waals surface area contributed by atoms with E-state index in [9.17, 15) is 18.3 Å². The van der Waals surface area contributed by atoms with Gasteiger partial charge in [-0.05, 0) is 80.3 Å². The predicted molar refractivity (Wildman–Crippen MR) is 127 cm³/mol. The Bertz CT molecular complexity index is 1250. The Morgan fingerprint density at radius 3 is 2.42 bits per heavy atom. The molecule has 3 aromatic rings. The zero-order valence-electron chi connectivity index (χ0n) is 19.3. The Balaban J connectivity index is 1.92. The van der Waals surface area contributed by atoms with Crippen LogP contribution in [0.5, 0.6) is 5.75 Å². The van der Waals surface area contributed by atoms with Gasteiger partial charge in [0.15, 0.2) is 0 Å². The van der Waals surface area contributed by atoms with Crippen molar-refractivity contribution in [2.45, 2.75) is 45.6 Å². The number of furan rings is 1. The molecule has 0 aliphatic carbocycles. The van der Waals surface area contributed by atoms with Gasteiger partial charge in [0.1, 0.15) is 11.5 Å². The number of rotatable bonds is 10. The number of nitrogens with zero attached hydrogens (tertiary/aromatic N) is 1. The van der Waals surface area contributed by atoms with Crippen LogP contribution in [0.25, 0.3) is 0 Å². The van der Waals surface area contributed by atoms with Gasteiger partial charge in [-0.15, -0.1) is 0 Å². The van der Waals surface area contributed by atoms with E-state index in [1.54, 1.807) is 25.1 Å². The summed E-state index contributed by atoms with van der Waals surface area (Å²) in [6, 6.07) is 13.4. The van der Waals surface area contributed by atoms with Crippen LogP contribution >= 0.6 is 0 Å². The van der Waals surface area contributed by atoms with Crippen molar-refractivity contribution < 1.29 is 27.5 Å². The van der Waals surface area contributed by atoms with Crippen LogP contribution in [-0.4, -0.2) is 32.6 Å². The summed E-state index contributed by atoms with van der Waals surface area (Å²) < 4.78 is 39.6. The summed E-state index contributed by atoms with van der Waals surface area (Å²) in [6.45, 7) is 8.00. The molecule has 0 spiro atoms. The predicted octanol–water partition coefficient (Wildman–Crippen LogP) is 5.13. The van der Waals surface area contributed by atoms with Crippen molar-refractivity contribution in [3.8, 4) is 5.75 Å². The highest BCUT2D eigenvalue weighted by Gasteiger charge is 2.30. The number of ether oxygens (including phenoxy) is 1. The van der Waals surface area contributed by atoms with Crippen LogP contribution in [0.15, 0.2) is 58.0 Å². The summed E-state index contributed by atoms with van der Waals surface area (Å²) >= 11 is 0. The maximum absolute atomic E-state index is 13.4. The van der Waals surface area contributed by atoms with Crippen molar-refractivity contribution in [2.24, 2.45) is 0 Å². The van der Waals surface area contributed by atoms with E-state index in [1.165, 1.54) is 16.4 Å². The summed E-state index contributed by atoms with van der Waals surface area (Å²) in [6.07, 6.45) is 1.08. The van der Waals surface area contributed by atoms with E-state index in [2.05, 4.69) is 0 Å². The van der Waals surface area contributed by atoms with Crippen molar-refractivity contribution in [3.63, 3.8) is 0 Å². The summed E-state index contributed by atoms with van der Waals surface area (Å²) in [4.78, 5) is 11.2. The van der Waals surface area contributed by atoms with Gasteiger partial charge in [-0.25, -0.2) is 4.79 Å². The molecule has 0 aliphatic heterocycles. The number of carboxylic acid groups (broad SMARTS) is 1. The maximum Gasteiger partial charge on any atom is 0.335 e. The highest BCUT2D eigenvalue weighted by Crippen LogP contribution is 2.36. The van der Waals surface area contributed by atoms with E-state index in [4.69, 9.17) is 9.15 Å². The third-order valence-corrected chi connectivity index (χ3v) is 7.04. The van der Waals surface area contributed by atoms with Crippen molar-refractivity contribution in [3.05, 3.63) is 76.5 Å². The van der Waals surface area contributed by atoms with E-state index in [0.717, 1.165) is 16.7 Å². The van der Waals surface area contributed by atoms with E-state index >= 15 is 0 Å². The van der Waals surface area contributed by atoms with Crippen LogP contribution in [0.4, 0.5) is 5.69 Å². The average molecular weight is 472 g/mol. The lowest BCUT2D eigenvalue weighted by Crippen LogP contribution is -2.32. The number of aryl methyl sites for hydroxylation is 3. The van der Waals surface area contributed by atoms with Gasteiger partial charge in [-0.1, -0.05) is 19.1 Å². The quantitative estimate of drug-likeness (QED) is 0.440. The van der Waals surface area contributed by atoms with Crippen LogP contribution in [0, 0.1) is 20.8 Å². The van der Waals surface area contributed by atoms with Crippen molar-refractivity contribution in [1.29, 1.82) is 0 Å². The number of hydrogen-bond donors (Lipinski definition) is 1. The number of hydrogen-bond acceptors (Lipinski definition) is 5. The molecule has 7 nitrogen and oxygen atoms in total. The molecular weight excluding hydrogens is 442 g/mol. The second-order valence-electron chi connectivity index (χ2n) is 7.95. The first kappa shape index (κ1) is 24.4. The molecule has 0 radical (unpaired) electrons. The Labute approximate surface area is 194 Å². The van der Waals surface area contributed by atoms with Crippen LogP contribution < -0.4 is 9.04 Å². The van der Waals surface area contributed by atoms with Gasteiger partial charge in [0.2, 0.25) is 5.09 Å². The number of anilines is 1. The second kappa shape index (κ2) is 10.1. The van der Waals surface area contributed by atoms with E-state index in [-0.39, 0.29) is 23.8 Å². The smallest absolute Gasteiger partial charge is 0.335 e. The van der Waals surface area contributed by atoms with Crippen LogP contribution in [0.2, 0.25) is 0 Å². The molecule has 1 heterocycles. The molecule has 0 atom stereocenters. The minimum atomic E-state index is -3.92. The van der Waals surface area contributed by atoms with Gasteiger partial charge in [-0.2, -0.15) is 8.42 Å². The molecule has 8 heteroatoms. The highest BCUT2D eigenvalue weighted by molar-refractivity contribution is 7.92. The first-order valence-electron chi connectivity index (χ1n) is 10.8. The Morgan fingerprint density at radius 2 is 1.79 bits per heavy atom. The highest BCUT2D eigenvalue weighted by atomic mass is 32.2. The SMILES string of the molecule is CCCN(c1cc(C)c(C)cc1OCCc1cccc(C(=O)O)c1)S(=O)(=O)c1ccc(C)o1. The largest absolute Gasteiger partial charge is 0.491 e. The summed E-state index contributed by atoms with van der Waals surface area (Å²) in [7, 11) is -3.92. The number of aromatic carboxylic acids is 1. The second-order valence-corrected chi connectivity index (χ2v) is 9.74. The van der Waals surface area contributed by atoms with E-state index in [0.29, 0.717) is 30.0 Å². The van der Waals surface area contributed by atoms with E-state index in [1.807, 2.05) is 39.0 Å². The number of benzene rings is 2. The zero-order valence-corrected chi connectivity index (χ0v) is 20.1. The normalized spacial score (nSPS) is 11.4. The molecule has 0 bridgehead atoms. The lowest BCUT2D eigenvalue weighted by atomic mass is 10.1. The van der Waals surface area contributed by atoms with Gasteiger partial charge in [-0.3, -0.25) is 4.31 Å². The molecule has 0 amide bonds. The molecule has 176 valence electrons.